The zero-order chi connectivity index (χ0) is 8.10. The molecule has 0 aliphatic carbocycles. The summed E-state index contributed by atoms with van der Waals surface area (Å²) in [5, 5.41) is 10.9. The molecule has 0 unspecified atom stereocenters. The molecule has 0 fully saturated rings. The fourth-order valence-corrected chi connectivity index (χ4v) is 0.587. The minimum Gasteiger partial charge on any atom is -0.465 e. The van der Waals surface area contributed by atoms with Crippen LogP contribution in [0.4, 0.5) is 0 Å². The summed E-state index contributed by atoms with van der Waals surface area (Å²) in [5.41, 5.74) is 5.16. The standard InChI is InChI=1S/C7H8N2O2/c8-7(9-10)4-3-6-2-1-5-11-6/h1-5,10H,(H2,8,9). The van der Waals surface area contributed by atoms with E-state index in [1.807, 2.05) is 0 Å². The molecule has 0 saturated carbocycles. The van der Waals surface area contributed by atoms with Crippen LogP contribution in [0.25, 0.3) is 6.08 Å². The third kappa shape index (κ3) is 2.17. The molecular weight excluding hydrogens is 144 g/mol. The number of oxime groups is 1. The lowest BCUT2D eigenvalue weighted by atomic mass is 10.4. The van der Waals surface area contributed by atoms with Gasteiger partial charge in [-0.25, -0.2) is 0 Å². The van der Waals surface area contributed by atoms with Gasteiger partial charge in [0.2, 0.25) is 0 Å². The van der Waals surface area contributed by atoms with E-state index in [1.165, 1.54) is 6.08 Å². The van der Waals surface area contributed by atoms with Crippen LogP contribution in [0.3, 0.4) is 0 Å². The lowest BCUT2D eigenvalue weighted by molar-refractivity contribution is 0.319. The van der Waals surface area contributed by atoms with Crippen LogP contribution in [0.1, 0.15) is 5.76 Å². The van der Waals surface area contributed by atoms with Crippen molar-refractivity contribution in [1.82, 2.24) is 0 Å². The van der Waals surface area contributed by atoms with E-state index in [-0.39, 0.29) is 5.84 Å². The second kappa shape index (κ2) is 3.46. The largest absolute Gasteiger partial charge is 0.465 e. The summed E-state index contributed by atoms with van der Waals surface area (Å²) in [6.07, 6.45) is 4.60. The van der Waals surface area contributed by atoms with Gasteiger partial charge in [-0.2, -0.15) is 0 Å². The first-order valence-corrected chi connectivity index (χ1v) is 3.02. The first-order chi connectivity index (χ1) is 5.33. The van der Waals surface area contributed by atoms with Gasteiger partial charge in [-0.05, 0) is 24.3 Å². The Bertz CT molecular complexity index is 262. The Kier molecular flexibility index (Phi) is 2.32. The molecule has 0 spiro atoms. The first-order valence-electron chi connectivity index (χ1n) is 3.02. The van der Waals surface area contributed by atoms with Crippen molar-refractivity contribution >= 4 is 11.9 Å². The molecule has 0 atom stereocenters. The number of furan rings is 1. The van der Waals surface area contributed by atoms with Gasteiger partial charge in [0.05, 0.1) is 6.26 Å². The van der Waals surface area contributed by atoms with Gasteiger partial charge in [0.15, 0.2) is 5.84 Å². The average Bonchev–Trinajstić information content (AvgIpc) is 2.52. The fourth-order valence-electron chi connectivity index (χ4n) is 0.587. The van der Waals surface area contributed by atoms with E-state index in [9.17, 15) is 0 Å². The lowest BCUT2D eigenvalue weighted by Gasteiger charge is -1.84. The summed E-state index contributed by atoms with van der Waals surface area (Å²) >= 11 is 0. The minimum absolute atomic E-state index is 0.0430. The summed E-state index contributed by atoms with van der Waals surface area (Å²) < 4.78 is 4.95. The van der Waals surface area contributed by atoms with Crippen LogP contribution < -0.4 is 5.73 Å². The highest BCUT2D eigenvalue weighted by molar-refractivity contribution is 5.94. The molecule has 58 valence electrons. The number of nitrogens with zero attached hydrogens (tertiary/aromatic N) is 1. The average molecular weight is 152 g/mol. The van der Waals surface area contributed by atoms with Crippen LogP contribution in [0.2, 0.25) is 0 Å². The molecule has 11 heavy (non-hydrogen) atoms. The molecule has 1 heterocycles. The smallest absolute Gasteiger partial charge is 0.162 e. The molecule has 0 aromatic carbocycles. The Morgan fingerprint density at radius 3 is 3.09 bits per heavy atom. The Morgan fingerprint density at radius 1 is 1.73 bits per heavy atom. The Labute approximate surface area is 63.6 Å². The van der Waals surface area contributed by atoms with Gasteiger partial charge >= 0.3 is 0 Å². The molecule has 4 nitrogen and oxygen atoms in total. The van der Waals surface area contributed by atoms with Crippen LogP contribution in [0.5, 0.6) is 0 Å². The molecule has 0 saturated heterocycles. The summed E-state index contributed by atoms with van der Waals surface area (Å²) in [6.45, 7) is 0. The Morgan fingerprint density at radius 2 is 2.55 bits per heavy atom. The van der Waals surface area contributed by atoms with Crippen molar-refractivity contribution < 1.29 is 9.62 Å². The van der Waals surface area contributed by atoms with Gasteiger partial charge in [0.25, 0.3) is 0 Å². The zero-order valence-corrected chi connectivity index (χ0v) is 5.77. The summed E-state index contributed by atoms with van der Waals surface area (Å²) in [7, 11) is 0. The van der Waals surface area contributed by atoms with Crippen molar-refractivity contribution in [3.8, 4) is 0 Å². The molecule has 0 bridgehead atoms. The maximum absolute atomic E-state index is 8.14. The molecular formula is C7H8N2O2. The highest BCUT2D eigenvalue weighted by atomic mass is 16.4. The third-order valence-electron chi connectivity index (χ3n) is 1.08. The SMILES string of the molecule is NC(C=Cc1ccco1)=NO. The van der Waals surface area contributed by atoms with E-state index in [2.05, 4.69) is 5.16 Å². The Balaban J connectivity index is 2.63. The lowest BCUT2D eigenvalue weighted by Crippen LogP contribution is -2.06. The third-order valence-corrected chi connectivity index (χ3v) is 1.08. The molecule has 1 rings (SSSR count). The number of hydrogen-bond donors (Lipinski definition) is 2. The number of hydrogen-bond acceptors (Lipinski definition) is 3. The van der Waals surface area contributed by atoms with Crippen molar-refractivity contribution in [2.24, 2.45) is 10.9 Å². The molecule has 0 amide bonds. The van der Waals surface area contributed by atoms with Gasteiger partial charge in [-0.1, -0.05) is 5.16 Å². The number of amidine groups is 1. The van der Waals surface area contributed by atoms with Crippen LogP contribution in [0.15, 0.2) is 34.0 Å². The molecule has 0 aliphatic rings. The van der Waals surface area contributed by atoms with E-state index in [1.54, 1.807) is 24.5 Å². The van der Waals surface area contributed by atoms with Crippen LogP contribution >= 0.6 is 0 Å². The second-order valence-corrected chi connectivity index (χ2v) is 1.87. The Hall–Kier alpha value is -1.71. The number of rotatable bonds is 2. The van der Waals surface area contributed by atoms with Crippen LogP contribution in [-0.2, 0) is 0 Å². The summed E-state index contributed by atoms with van der Waals surface area (Å²) in [5.74, 6) is 0.706. The van der Waals surface area contributed by atoms with Crippen molar-refractivity contribution in [1.29, 1.82) is 0 Å². The highest BCUT2D eigenvalue weighted by Gasteiger charge is 1.87. The van der Waals surface area contributed by atoms with Gasteiger partial charge in [0, 0.05) is 0 Å². The molecule has 1 aromatic rings. The van der Waals surface area contributed by atoms with E-state index >= 15 is 0 Å². The van der Waals surface area contributed by atoms with Crippen molar-refractivity contribution in [3.63, 3.8) is 0 Å². The predicted molar refractivity (Wildman–Crippen MR) is 41.2 cm³/mol. The number of nitrogens with two attached hydrogens (primary N) is 1. The normalized spacial score (nSPS) is 12.5. The quantitative estimate of drug-likeness (QED) is 0.288. The predicted octanol–water partition coefficient (Wildman–Crippen LogP) is 1.04. The van der Waals surface area contributed by atoms with Crippen molar-refractivity contribution in [2.45, 2.75) is 0 Å². The molecule has 0 aliphatic heterocycles. The van der Waals surface area contributed by atoms with Crippen molar-refractivity contribution in [2.75, 3.05) is 0 Å². The van der Waals surface area contributed by atoms with Gasteiger partial charge in [0.1, 0.15) is 5.76 Å². The zero-order valence-electron chi connectivity index (χ0n) is 5.77. The second-order valence-electron chi connectivity index (χ2n) is 1.87. The summed E-state index contributed by atoms with van der Waals surface area (Å²) in [6, 6.07) is 3.52. The molecule has 3 N–H and O–H groups in total. The van der Waals surface area contributed by atoms with Crippen LogP contribution in [-0.4, -0.2) is 11.0 Å². The van der Waals surface area contributed by atoms with Gasteiger partial charge in [-0.15, -0.1) is 0 Å². The monoisotopic (exact) mass is 152 g/mol. The van der Waals surface area contributed by atoms with E-state index < -0.39 is 0 Å². The van der Waals surface area contributed by atoms with Gasteiger partial charge in [-0.3, -0.25) is 0 Å². The van der Waals surface area contributed by atoms with E-state index in [0.717, 1.165) is 0 Å². The molecule has 4 heteroatoms. The molecule has 1 aromatic heterocycles. The minimum atomic E-state index is 0.0430. The fraction of sp³-hybridized carbons (Fsp3) is 0. The maximum Gasteiger partial charge on any atom is 0.162 e. The van der Waals surface area contributed by atoms with E-state index in [4.69, 9.17) is 15.4 Å². The van der Waals surface area contributed by atoms with Gasteiger partial charge < -0.3 is 15.4 Å². The maximum atomic E-state index is 8.14. The first kappa shape index (κ1) is 7.40. The molecule has 0 radical (unpaired) electrons. The van der Waals surface area contributed by atoms with E-state index in [0.29, 0.717) is 5.76 Å². The van der Waals surface area contributed by atoms with Crippen molar-refractivity contribution in [3.05, 3.63) is 30.2 Å². The van der Waals surface area contributed by atoms with Crippen LogP contribution in [0, 0.1) is 0 Å². The topological polar surface area (TPSA) is 71.8 Å². The highest BCUT2D eigenvalue weighted by Crippen LogP contribution is 2.01. The summed E-state index contributed by atoms with van der Waals surface area (Å²) in [4.78, 5) is 0.